The maximum absolute atomic E-state index is 12.6. The first-order valence-electron chi connectivity index (χ1n) is 7.61. The number of nitrogens with zero attached hydrogens (tertiary/aromatic N) is 2. The van der Waals surface area contributed by atoms with E-state index in [2.05, 4.69) is 11.6 Å². The van der Waals surface area contributed by atoms with Gasteiger partial charge in [0, 0.05) is 6.54 Å². The van der Waals surface area contributed by atoms with E-state index >= 15 is 0 Å². The Bertz CT molecular complexity index is 971. The lowest BCUT2D eigenvalue weighted by Crippen LogP contribution is -2.22. The highest BCUT2D eigenvalue weighted by atomic mass is 32.2. The lowest BCUT2D eigenvalue weighted by molar-refractivity contribution is 0.0524. The maximum atomic E-state index is 12.6. The molecule has 0 aliphatic heterocycles. The number of hydrogen-bond acceptors (Lipinski definition) is 7. The molecule has 3 rings (SSSR count). The average Bonchev–Trinajstić information content (AvgIpc) is 3.25. The molecule has 0 N–H and O–H groups in total. The van der Waals surface area contributed by atoms with Gasteiger partial charge < -0.3 is 9.15 Å². The summed E-state index contributed by atoms with van der Waals surface area (Å²) in [6.07, 6.45) is 3.11. The number of thioether (sulfide) groups is 1. The van der Waals surface area contributed by atoms with Crippen molar-refractivity contribution in [2.24, 2.45) is 0 Å². The van der Waals surface area contributed by atoms with Gasteiger partial charge >= 0.3 is 5.97 Å². The minimum atomic E-state index is -0.419. The Morgan fingerprint density at radius 3 is 3.12 bits per heavy atom. The van der Waals surface area contributed by atoms with Crippen LogP contribution in [0.5, 0.6) is 0 Å². The summed E-state index contributed by atoms with van der Waals surface area (Å²) in [5.41, 5.74) is 0.294. The molecule has 25 heavy (non-hydrogen) atoms. The molecular weight excluding hydrogens is 360 g/mol. The predicted octanol–water partition coefficient (Wildman–Crippen LogP) is 3.71. The van der Waals surface area contributed by atoms with E-state index in [1.54, 1.807) is 29.7 Å². The number of esters is 1. The van der Waals surface area contributed by atoms with Gasteiger partial charge in [-0.05, 0) is 24.4 Å². The Morgan fingerprint density at radius 1 is 1.52 bits per heavy atom. The summed E-state index contributed by atoms with van der Waals surface area (Å²) in [4.78, 5) is 29.8. The zero-order valence-corrected chi connectivity index (χ0v) is 15.2. The summed E-state index contributed by atoms with van der Waals surface area (Å²) in [6.45, 7) is 6.11. The molecule has 0 unspecified atom stereocenters. The molecule has 0 saturated carbocycles. The molecule has 0 atom stereocenters. The van der Waals surface area contributed by atoms with Crippen LogP contribution < -0.4 is 5.56 Å². The smallest absolute Gasteiger partial charge is 0.341 e. The molecule has 3 aromatic heterocycles. The maximum Gasteiger partial charge on any atom is 0.341 e. The summed E-state index contributed by atoms with van der Waals surface area (Å²) in [5, 5.41) is 3.00. The van der Waals surface area contributed by atoms with Gasteiger partial charge in [-0.3, -0.25) is 9.36 Å². The Morgan fingerprint density at radius 2 is 2.36 bits per heavy atom. The quantitative estimate of drug-likeness (QED) is 0.271. The third-order valence-corrected chi connectivity index (χ3v) is 5.22. The van der Waals surface area contributed by atoms with Crippen molar-refractivity contribution in [2.75, 3.05) is 6.61 Å². The van der Waals surface area contributed by atoms with Gasteiger partial charge in [0.05, 0.1) is 24.0 Å². The molecule has 0 amide bonds. The third-order valence-electron chi connectivity index (χ3n) is 3.43. The highest BCUT2D eigenvalue weighted by molar-refractivity contribution is 7.98. The van der Waals surface area contributed by atoms with E-state index in [4.69, 9.17) is 9.15 Å². The lowest BCUT2D eigenvalue weighted by atomic mass is 10.3. The first kappa shape index (κ1) is 17.5. The number of fused-ring (bicyclic) bond motifs is 1. The van der Waals surface area contributed by atoms with Gasteiger partial charge in [-0.15, -0.1) is 17.9 Å². The van der Waals surface area contributed by atoms with Gasteiger partial charge in [0.25, 0.3) is 5.56 Å². The summed E-state index contributed by atoms with van der Waals surface area (Å²) in [5.74, 6) is 0.438. The summed E-state index contributed by atoms with van der Waals surface area (Å²) in [6, 6.07) is 3.36. The summed E-state index contributed by atoms with van der Waals surface area (Å²) in [7, 11) is 0. The van der Waals surface area contributed by atoms with E-state index in [1.807, 2.05) is 5.38 Å². The van der Waals surface area contributed by atoms with E-state index in [-0.39, 0.29) is 5.56 Å². The van der Waals surface area contributed by atoms with E-state index in [9.17, 15) is 9.59 Å². The molecule has 3 aromatic rings. The number of hydrogen-bond donors (Lipinski definition) is 0. The van der Waals surface area contributed by atoms with Crippen molar-refractivity contribution in [3.8, 4) is 0 Å². The molecule has 0 fully saturated rings. The second kappa shape index (κ2) is 7.71. The fraction of sp³-hybridized carbons (Fsp3) is 0.235. The first-order valence-corrected chi connectivity index (χ1v) is 9.47. The van der Waals surface area contributed by atoms with Gasteiger partial charge in [0.1, 0.15) is 16.2 Å². The Hall–Kier alpha value is -2.32. The molecule has 3 heterocycles. The number of thiophene rings is 1. The van der Waals surface area contributed by atoms with E-state index in [0.29, 0.717) is 45.6 Å². The second-order valence-corrected chi connectivity index (χ2v) is 6.84. The monoisotopic (exact) mass is 376 g/mol. The zero-order valence-electron chi connectivity index (χ0n) is 13.6. The fourth-order valence-electron chi connectivity index (χ4n) is 2.30. The van der Waals surface area contributed by atoms with Gasteiger partial charge in [0.15, 0.2) is 5.16 Å². The van der Waals surface area contributed by atoms with Crippen LogP contribution in [0.3, 0.4) is 0 Å². The number of furan rings is 1. The molecule has 6 nitrogen and oxygen atoms in total. The van der Waals surface area contributed by atoms with Crippen molar-refractivity contribution in [2.45, 2.75) is 24.4 Å². The van der Waals surface area contributed by atoms with Crippen LogP contribution in [0.1, 0.15) is 23.0 Å². The number of carbonyl (C=O) groups is 1. The Balaban J connectivity index is 1.90. The number of ether oxygens (including phenoxy) is 1. The topological polar surface area (TPSA) is 74.3 Å². The molecule has 0 aromatic carbocycles. The predicted molar refractivity (Wildman–Crippen MR) is 98.3 cm³/mol. The van der Waals surface area contributed by atoms with Crippen molar-refractivity contribution in [1.82, 2.24) is 9.55 Å². The van der Waals surface area contributed by atoms with Crippen LogP contribution in [-0.2, 0) is 17.0 Å². The Labute approximate surface area is 152 Å². The van der Waals surface area contributed by atoms with Crippen LogP contribution in [0.15, 0.2) is 50.8 Å². The molecule has 0 radical (unpaired) electrons. The van der Waals surface area contributed by atoms with Gasteiger partial charge in [-0.25, -0.2) is 9.78 Å². The summed E-state index contributed by atoms with van der Waals surface area (Å²) >= 11 is 2.76. The van der Waals surface area contributed by atoms with Crippen molar-refractivity contribution in [1.29, 1.82) is 0 Å². The zero-order chi connectivity index (χ0) is 17.8. The van der Waals surface area contributed by atoms with E-state index in [0.717, 1.165) is 0 Å². The van der Waals surface area contributed by atoms with Crippen LogP contribution in [0.25, 0.3) is 10.2 Å². The normalized spacial score (nSPS) is 10.9. The number of aromatic nitrogens is 2. The third kappa shape index (κ3) is 3.54. The van der Waals surface area contributed by atoms with Crippen molar-refractivity contribution in [3.63, 3.8) is 0 Å². The van der Waals surface area contributed by atoms with Crippen LogP contribution >= 0.6 is 23.1 Å². The van der Waals surface area contributed by atoms with Crippen LogP contribution in [-0.4, -0.2) is 22.1 Å². The minimum Gasteiger partial charge on any atom is -0.468 e. The largest absolute Gasteiger partial charge is 0.468 e. The standard InChI is InChI=1S/C17H16N2O4S2/c1-3-7-19-15(20)12-6-9-24-14(12)18-17(19)25-10-13-11(5-8-23-13)16(21)22-4-2/h3,5-6,8-9H,1,4,7,10H2,2H3. The number of rotatable bonds is 7. The van der Waals surface area contributed by atoms with E-state index < -0.39 is 5.97 Å². The highest BCUT2D eigenvalue weighted by Gasteiger charge is 2.18. The minimum absolute atomic E-state index is 0.0984. The molecular formula is C17H16N2O4S2. The number of allylic oxidation sites excluding steroid dienone is 1. The Kier molecular flexibility index (Phi) is 5.40. The molecule has 0 spiro atoms. The summed E-state index contributed by atoms with van der Waals surface area (Å²) < 4.78 is 12.0. The molecule has 0 aliphatic rings. The van der Waals surface area contributed by atoms with Crippen molar-refractivity contribution in [3.05, 3.63) is 58.1 Å². The van der Waals surface area contributed by atoms with E-state index in [1.165, 1.54) is 29.4 Å². The molecule has 8 heteroatoms. The number of carbonyl (C=O) groups excluding carboxylic acids is 1. The highest BCUT2D eigenvalue weighted by Crippen LogP contribution is 2.26. The van der Waals surface area contributed by atoms with Gasteiger partial charge in [-0.1, -0.05) is 17.8 Å². The van der Waals surface area contributed by atoms with Gasteiger partial charge in [0.2, 0.25) is 0 Å². The molecule has 0 aliphatic carbocycles. The fourth-order valence-corrected chi connectivity index (χ4v) is 4.07. The van der Waals surface area contributed by atoms with Gasteiger partial charge in [-0.2, -0.15) is 0 Å². The lowest BCUT2D eigenvalue weighted by Gasteiger charge is -2.09. The van der Waals surface area contributed by atoms with Crippen molar-refractivity contribution < 1.29 is 13.9 Å². The van der Waals surface area contributed by atoms with Crippen molar-refractivity contribution >= 4 is 39.3 Å². The second-order valence-electron chi connectivity index (χ2n) is 5.00. The SMILES string of the molecule is C=CCn1c(SCc2occc2C(=O)OCC)nc2sccc2c1=O. The van der Waals surface area contributed by atoms with Crippen LogP contribution in [0.4, 0.5) is 0 Å². The molecule has 0 saturated heterocycles. The molecule has 0 bridgehead atoms. The molecule has 130 valence electrons. The average molecular weight is 376 g/mol. The van der Waals surface area contributed by atoms with Crippen LogP contribution in [0, 0.1) is 0 Å². The first-order chi connectivity index (χ1) is 12.2. The van der Waals surface area contributed by atoms with Crippen LogP contribution in [0.2, 0.25) is 0 Å².